The maximum atomic E-state index is 2.81. The van der Waals surface area contributed by atoms with Gasteiger partial charge in [-0.15, -0.1) is 0 Å². The highest BCUT2D eigenvalue weighted by Gasteiger charge is 2.53. The van der Waals surface area contributed by atoms with Crippen LogP contribution in [0.1, 0.15) is 71.6 Å². The van der Waals surface area contributed by atoms with Gasteiger partial charge >= 0.3 is 0 Å². The lowest BCUT2D eigenvalue weighted by molar-refractivity contribution is 0.381. The molecule has 0 bridgehead atoms. The van der Waals surface area contributed by atoms with Crippen LogP contribution in [0.15, 0.2) is 0 Å². The van der Waals surface area contributed by atoms with Crippen LogP contribution in [0, 0.1) is 17.8 Å². The van der Waals surface area contributed by atoms with Crippen LogP contribution in [0.25, 0.3) is 0 Å². The molecule has 2 saturated carbocycles. The summed E-state index contributed by atoms with van der Waals surface area (Å²) in [6, 6.07) is 0. The maximum absolute atomic E-state index is 2.81. The minimum absolute atomic E-state index is 0.622. The fourth-order valence-corrected chi connectivity index (χ4v) is 4.85. The van der Waals surface area contributed by atoms with E-state index in [2.05, 4.69) is 18.7 Å². The van der Waals surface area contributed by atoms with Crippen molar-refractivity contribution in [3.8, 4) is 0 Å². The van der Waals surface area contributed by atoms with E-state index in [4.69, 9.17) is 0 Å². The Bertz CT molecular complexity index is 282. The summed E-state index contributed by atoms with van der Waals surface area (Å²) in [4.78, 5) is 2.81. The van der Waals surface area contributed by atoms with E-state index in [0.29, 0.717) is 5.31 Å². The molecule has 0 aromatic carbocycles. The number of nitrogens with zero attached hydrogens (tertiary/aromatic N) is 1. The third-order valence-corrected chi connectivity index (χ3v) is 6.36. The second-order valence-electron chi connectivity index (χ2n) is 8.17. The normalized spacial score (nSPS) is 39.6. The summed E-state index contributed by atoms with van der Waals surface area (Å²) in [6.07, 6.45) is 13.4. The largest absolute Gasteiger partial charge is 0.344 e. The molecule has 108 valence electrons. The lowest BCUT2D eigenvalue weighted by Gasteiger charge is -2.34. The minimum Gasteiger partial charge on any atom is -0.344 e. The van der Waals surface area contributed by atoms with Crippen molar-refractivity contribution in [3.05, 3.63) is 0 Å². The van der Waals surface area contributed by atoms with Gasteiger partial charge in [-0.05, 0) is 36.2 Å². The first-order valence-corrected chi connectivity index (χ1v) is 8.90. The van der Waals surface area contributed by atoms with Crippen LogP contribution in [0.4, 0.5) is 0 Å². The Labute approximate surface area is 120 Å². The zero-order valence-electron chi connectivity index (χ0n) is 13.2. The van der Waals surface area contributed by atoms with Crippen molar-refractivity contribution in [2.75, 3.05) is 13.1 Å². The lowest BCUT2D eigenvalue weighted by atomic mass is 9.55. The molecule has 0 amide bonds. The summed E-state index contributed by atoms with van der Waals surface area (Å²) < 4.78 is 0. The van der Waals surface area contributed by atoms with Crippen LogP contribution >= 0.6 is 0 Å². The molecule has 1 aliphatic heterocycles. The average Bonchev–Trinajstić information content (AvgIpc) is 2.82. The summed E-state index contributed by atoms with van der Waals surface area (Å²) in [5.41, 5.74) is 0. The van der Waals surface area contributed by atoms with Crippen LogP contribution in [0.2, 0.25) is 5.31 Å². The van der Waals surface area contributed by atoms with Crippen LogP contribution < -0.4 is 0 Å². The van der Waals surface area contributed by atoms with Crippen molar-refractivity contribution in [1.82, 2.24) is 4.81 Å². The zero-order valence-corrected chi connectivity index (χ0v) is 13.2. The van der Waals surface area contributed by atoms with Crippen LogP contribution in [-0.4, -0.2) is 25.3 Å². The van der Waals surface area contributed by atoms with Gasteiger partial charge in [-0.3, -0.25) is 0 Å². The molecular formula is C17H32BN. The molecule has 1 nitrogen and oxygen atoms in total. The third kappa shape index (κ3) is 3.38. The van der Waals surface area contributed by atoms with Gasteiger partial charge in [-0.1, -0.05) is 71.6 Å². The van der Waals surface area contributed by atoms with Gasteiger partial charge in [0.05, 0.1) is 0 Å². The number of hydrogen-bond donors (Lipinski definition) is 0. The van der Waals surface area contributed by atoms with Gasteiger partial charge in [-0.2, -0.15) is 0 Å². The summed E-state index contributed by atoms with van der Waals surface area (Å²) in [5, 5.41) is 0.622. The molecule has 0 radical (unpaired) electrons. The topological polar surface area (TPSA) is 3.24 Å². The second-order valence-corrected chi connectivity index (χ2v) is 8.17. The molecule has 3 rings (SSSR count). The summed E-state index contributed by atoms with van der Waals surface area (Å²) in [5.74, 6) is 3.19. The lowest BCUT2D eigenvalue weighted by Crippen LogP contribution is -2.36. The number of rotatable bonds is 2. The quantitative estimate of drug-likeness (QED) is 0.672. The van der Waals surface area contributed by atoms with E-state index < -0.39 is 0 Å². The Morgan fingerprint density at radius 1 is 0.842 bits per heavy atom. The van der Waals surface area contributed by atoms with E-state index >= 15 is 0 Å². The predicted molar refractivity (Wildman–Crippen MR) is 84.8 cm³/mol. The van der Waals surface area contributed by atoms with Crippen molar-refractivity contribution in [1.29, 1.82) is 0 Å². The molecule has 0 spiro atoms. The first kappa shape index (κ1) is 14.0. The molecule has 1 heterocycles. The van der Waals surface area contributed by atoms with Gasteiger partial charge in [0, 0.05) is 0 Å². The molecule has 3 aliphatic rings. The highest BCUT2D eigenvalue weighted by atomic mass is 15.1. The highest BCUT2D eigenvalue weighted by molar-refractivity contribution is 6.36. The zero-order chi connectivity index (χ0) is 13.3. The molecule has 3 fully saturated rings. The first-order chi connectivity index (χ1) is 9.18. The van der Waals surface area contributed by atoms with E-state index in [0.717, 1.165) is 17.8 Å². The Hall–Kier alpha value is 0.0249. The molecule has 2 unspecified atom stereocenters. The molecule has 2 aliphatic carbocycles. The standard InChI is InChI=1S/C17H32BN/c1-14-15-12-19(13-16(14)15)18-17(2)10-8-6-4-3-5-7-9-11-17/h14-16,18H,3-13H2,1-2H3. The molecular weight excluding hydrogens is 229 g/mol. The van der Waals surface area contributed by atoms with Crippen molar-refractivity contribution < 1.29 is 0 Å². The van der Waals surface area contributed by atoms with Crippen LogP contribution in [0.3, 0.4) is 0 Å². The van der Waals surface area contributed by atoms with Gasteiger partial charge in [-0.25, -0.2) is 0 Å². The van der Waals surface area contributed by atoms with Gasteiger partial charge in [0.25, 0.3) is 0 Å². The monoisotopic (exact) mass is 261 g/mol. The molecule has 0 aromatic rings. The fourth-order valence-electron chi connectivity index (χ4n) is 4.85. The van der Waals surface area contributed by atoms with Crippen LogP contribution in [0.5, 0.6) is 0 Å². The van der Waals surface area contributed by atoms with E-state index in [-0.39, 0.29) is 0 Å². The van der Waals surface area contributed by atoms with Crippen molar-refractivity contribution >= 4 is 7.41 Å². The molecule has 2 atom stereocenters. The smallest absolute Gasteiger partial charge is 0.210 e. The van der Waals surface area contributed by atoms with E-state index in [1.807, 2.05) is 0 Å². The second kappa shape index (κ2) is 5.80. The van der Waals surface area contributed by atoms with Gasteiger partial charge in [0.2, 0.25) is 7.41 Å². The Morgan fingerprint density at radius 2 is 1.32 bits per heavy atom. The highest BCUT2D eigenvalue weighted by Crippen LogP contribution is 2.52. The molecule has 0 aromatic heterocycles. The van der Waals surface area contributed by atoms with Crippen LogP contribution in [-0.2, 0) is 0 Å². The molecule has 1 saturated heterocycles. The summed E-state index contributed by atoms with van der Waals surface area (Å²) in [7, 11) is 1.40. The average molecular weight is 261 g/mol. The van der Waals surface area contributed by atoms with Crippen molar-refractivity contribution in [2.24, 2.45) is 17.8 Å². The van der Waals surface area contributed by atoms with E-state index in [1.54, 1.807) is 0 Å². The maximum Gasteiger partial charge on any atom is 0.210 e. The molecule has 19 heavy (non-hydrogen) atoms. The molecule has 0 N–H and O–H groups in total. The Balaban J connectivity index is 1.50. The summed E-state index contributed by atoms with van der Waals surface area (Å²) in [6.45, 7) is 7.88. The predicted octanol–water partition coefficient (Wildman–Crippen LogP) is 4.24. The fraction of sp³-hybridized carbons (Fsp3) is 1.00. The first-order valence-electron chi connectivity index (χ1n) is 8.90. The van der Waals surface area contributed by atoms with E-state index in [1.165, 1.54) is 78.3 Å². The van der Waals surface area contributed by atoms with E-state index in [9.17, 15) is 0 Å². The SMILES string of the molecule is CC1C2CN(BC3(C)CCCCCCCCC3)CC12. The summed E-state index contributed by atoms with van der Waals surface area (Å²) >= 11 is 0. The van der Waals surface area contributed by atoms with Gasteiger partial charge < -0.3 is 4.81 Å². The number of hydrogen-bond acceptors (Lipinski definition) is 1. The van der Waals surface area contributed by atoms with Gasteiger partial charge in [0.1, 0.15) is 0 Å². The van der Waals surface area contributed by atoms with Gasteiger partial charge in [0.15, 0.2) is 0 Å². The number of piperidine rings is 1. The Kier molecular flexibility index (Phi) is 4.27. The van der Waals surface area contributed by atoms with Crippen molar-refractivity contribution in [2.45, 2.75) is 76.9 Å². The number of fused-ring (bicyclic) bond motifs is 1. The third-order valence-electron chi connectivity index (χ3n) is 6.36. The van der Waals surface area contributed by atoms with Crippen molar-refractivity contribution in [3.63, 3.8) is 0 Å². The Morgan fingerprint density at radius 3 is 1.84 bits per heavy atom. The molecule has 2 heteroatoms. The minimum atomic E-state index is 0.622.